The molecule has 1 amide bonds. The van der Waals surface area contributed by atoms with Crippen LogP contribution in [-0.2, 0) is 0 Å². The minimum absolute atomic E-state index is 0.0210. The molecule has 7 heteroatoms. The summed E-state index contributed by atoms with van der Waals surface area (Å²) in [6, 6.07) is 5.35. The van der Waals surface area contributed by atoms with Gasteiger partial charge >= 0.3 is 12.7 Å². The van der Waals surface area contributed by atoms with Gasteiger partial charge in [-0.3, -0.25) is 4.79 Å². The lowest BCUT2D eigenvalue weighted by Gasteiger charge is -2.35. The molecule has 1 aliphatic heterocycles. The maximum Gasteiger partial charge on any atom is 0.407 e. The van der Waals surface area contributed by atoms with E-state index in [0.717, 1.165) is 4.90 Å². The first-order valence-corrected chi connectivity index (χ1v) is 5.54. The second-order valence-electron chi connectivity index (χ2n) is 4.15. The van der Waals surface area contributed by atoms with Gasteiger partial charge in [0.2, 0.25) is 0 Å². The molecule has 0 aromatic heterocycles. The Bertz CT molecular complexity index is 483. The number of nitrogens with zero attached hydrogens (tertiary/aromatic N) is 1. The molecular formula is C12H11F2NO4. The first-order valence-electron chi connectivity index (χ1n) is 5.54. The zero-order chi connectivity index (χ0) is 14.0. The number of alkyl halides is 2. The molecule has 5 nitrogen and oxygen atoms in total. The topological polar surface area (TPSA) is 66.8 Å². The number of rotatable bonds is 4. The van der Waals surface area contributed by atoms with Gasteiger partial charge < -0.3 is 14.7 Å². The number of carbonyl (C=O) groups excluding carboxylic acids is 1. The van der Waals surface area contributed by atoms with Crippen molar-refractivity contribution in [3.8, 4) is 5.75 Å². The average molecular weight is 271 g/mol. The monoisotopic (exact) mass is 271 g/mol. The standard InChI is InChI=1S/C12H11F2NO4/c13-11(14)19-9-3-1-7(2-4-9)10(16)8-5-15(6-8)12(17)18/h1-4,8,11H,5-6H2,(H,17,18). The molecule has 1 heterocycles. The average Bonchev–Trinajstić information content (AvgIpc) is 2.26. The third-order valence-electron chi connectivity index (χ3n) is 2.89. The van der Waals surface area contributed by atoms with Crippen molar-refractivity contribution >= 4 is 11.9 Å². The summed E-state index contributed by atoms with van der Waals surface area (Å²) in [5.41, 5.74) is 0.358. The Morgan fingerprint density at radius 2 is 1.84 bits per heavy atom. The van der Waals surface area contributed by atoms with Crippen molar-refractivity contribution < 1.29 is 28.2 Å². The Labute approximate surface area is 107 Å². The normalized spacial score (nSPS) is 15.2. The molecular weight excluding hydrogens is 260 g/mol. The molecule has 0 bridgehead atoms. The van der Waals surface area contributed by atoms with Gasteiger partial charge in [-0.1, -0.05) is 0 Å². The van der Waals surface area contributed by atoms with E-state index in [1.165, 1.54) is 24.3 Å². The van der Waals surface area contributed by atoms with Crippen molar-refractivity contribution in [1.29, 1.82) is 0 Å². The van der Waals surface area contributed by atoms with Crippen LogP contribution in [0.5, 0.6) is 5.75 Å². The van der Waals surface area contributed by atoms with Crippen molar-refractivity contribution in [2.75, 3.05) is 13.1 Å². The number of Topliss-reactive ketones (excluding diaryl/α,β-unsaturated/α-hetero) is 1. The van der Waals surface area contributed by atoms with Crippen molar-refractivity contribution in [3.05, 3.63) is 29.8 Å². The van der Waals surface area contributed by atoms with Gasteiger partial charge in [0.25, 0.3) is 0 Å². The molecule has 0 aliphatic carbocycles. The van der Waals surface area contributed by atoms with E-state index < -0.39 is 12.7 Å². The number of ether oxygens (including phenoxy) is 1. The summed E-state index contributed by atoms with van der Waals surface area (Å²) in [7, 11) is 0. The summed E-state index contributed by atoms with van der Waals surface area (Å²) in [5, 5.41) is 8.65. The van der Waals surface area contributed by atoms with Gasteiger partial charge in [-0.2, -0.15) is 8.78 Å². The van der Waals surface area contributed by atoms with Crippen LogP contribution in [-0.4, -0.2) is 41.6 Å². The molecule has 0 saturated carbocycles. The van der Waals surface area contributed by atoms with Crippen LogP contribution in [0.1, 0.15) is 10.4 Å². The predicted molar refractivity (Wildman–Crippen MR) is 60.5 cm³/mol. The third-order valence-corrected chi connectivity index (χ3v) is 2.89. The Morgan fingerprint density at radius 3 is 2.32 bits per heavy atom. The lowest BCUT2D eigenvalue weighted by atomic mass is 9.91. The van der Waals surface area contributed by atoms with Crippen LogP contribution < -0.4 is 4.74 Å². The molecule has 0 unspecified atom stereocenters. The van der Waals surface area contributed by atoms with Crippen LogP contribution >= 0.6 is 0 Å². The van der Waals surface area contributed by atoms with E-state index in [0.29, 0.717) is 5.56 Å². The molecule has 1 fully saturated rings. The predicted octanol–water partition coefficient (Wildman–Crippen LogP) is 2.08. The molecule has 1 aromatic carbocycles. The maximum atomic E-state index is 11.9. The zero-order valence-electron chi connectivity index (χ0n) is 9.75. The largest absolute Gasteiger partial charge is 0.465 e. The fraction of sp³-hybridized carbons (Fsp3) is 0.333. The van der Waals surface area contributed by atoms with E-state index >= 15 is 0 Å². The number of amides is 1. The van der Waals surface area contributed by atoms with E-state index in [1.54, 1.807) is 0 Å². The lowest BCUT2D eigenvalue weighted by molar-refractivity contribution is -0.0498. The minimum Gasteiger partial charge on any atom is -0.465 e. The first-order chi connectivity index (χ1) is 8.97. The Balaban J connectivity index is 1.95. The van der Waals surface area contributed by atoms with Crippen LogP contribution in [0.15, 0.2) is 24.3 Å². The second kappa shape index (κ2) is 5.21. The van der Waals surface area contributed by atoms with Crippen molar-refractivity contribution in [3.63, 3.8) is 0 Å². The summed E-state index contributed by atoms with van der Waals surface area (Å²) < 4.78 is 28.0. The number of ketones is 1. The highest BCUT2D eigenvalue weighted by atomic mass is 19.3. The molecule has 2 rings (SSSR count). The number of halogens is 2. The molecule has 102 valence electrons. The van der Waals surface area contributed by atoms with Crippen LogP contribution in [0.25, 0.3) is 0 Å². The first kappa shape index (κ1) is 13.3. The third kappa shape index (κ3) is 2.98. The summed E-state index contributed by atoms with van der Waals surface area (Å²) in [6.07, 6.45) is -1.05. The number of hydrogen-bond donors (Lipinski definition) is 1. The summed E-state index contributed by atoms with van der Waals surface area (Å²) >= 11 is 0. The van der Waals surface area contributed by atoms with Gasteiger partial charge in [0.1, 0.15) is 5.75 Å². The second-order valence-corrected chi connectivity index (χ2v) is 4.15. The number of benzene rings is 1. The Hall–Kier alpha value is -2.18. The highest BCUT2D eigenvalue weighted by Crippen LogP contribution is 2.22. The molecule has 1 aromatic rings. The number of hydrogen-bond acceptors (Lipinski definition) is 3. The number of likely N-dealkylation sites (tertiary alicyclic amines) is 1. The highest BCUT2D eigenvalue weighted by Gasteiger charge is 2.35. The summed E-state index contributed by atoms with van der Waals surface area (Å²) in [5.74, 6) is -0.577. The van der Waals surface area contributed by atoms with Gasteiger partial charge in [-0.25, -0.2) is 4.79 Å². The fourth-order valence-corrected chi connectivity index (χ4v) is 1.84. The highest BCUT2D eigenvalue weighted by molar-refractivity contribution is 5.99. The van der Waals surface area contributed by atoms with Gasteiger partial charge in [0.15, 0.2) is 5.78 Å². The van der Waals surface area contributed by atoms with E-state index in [-0.39, 0.29) is 30.5 Å². The van der Waals surface area contributed by atoms with Crippen molar-refractivity contribution in [1.82, 2.24) is 4.90 Å². The van der Waals surface area contributed by atoms with Gasteiger partial charge in [0.05, 0.1) is 5.92 Å². The fourth-order valence-electron chi connectivity index (χ4n) is 1.84. The van der Waals surface area contributed by atoms with Gasteiger partial charge in [0, 0.05) is 18.7 Å². The van der Waals surface area contributed by atoms with Crippen molar-refractivity contribution in [2.45, 2.75) is 6.61 Å². The van der Waals surface area contributed by atoms with Gasteiger partial charge in [-0.05, 0) is 24.3 Å². The lowest BCUT2D eigenvalue weighted by Crippen LogP contribution is -2.52. The quantitative estimate of drug-likeness (QED) is 0.851. The zero-order valence-corrected chi connectivity index (χ0v) is 9.75. The van der Waals surface area contributed by atoms with Crippen LogP contribution in [0.2, 0.25) is 0 Å². The van der Waals surface area contributed by atoms with Gasteiger partial charge in [-0.15, -0.1) is 0 Å². The van der Waals surface area contributed by atoms with E-state index in [9.17, 15) is 18.4 Å². The molecule has 0 atom stereocenters. The van der Waals surface area contributed by atoms with E-state index in [2.05, 4.69) is 4.74 Å². The molecule has 1 N–H and O–H groups in total. The Kier molecular flexibility index (Phi) is 3.64. The van der Waals surface area contributed by atoms with E-state index in [4.69, 9.17) is 5.11 Å². The SMILES string of the molecule is O=C(c1ccc(OC(F)F)cc1)C1CN(C(=O)O)C1. The maximum absolute atomic E-state index is 11.9. The number of carbonyl (C=O) groups is 2. The van der Waals surface area contributed by atoms with Crippen molar-refractivity contribution in [2.24, 2.45) is 5.92 Å². The Morgan fingerprint density at radius 1 is 1.26 bits per heavy atom. The van der Waals surface area contributed by atoms with Crippen LogP contribution in [0.4, 0.5) is 13.6 Å². The summed E-state index contributed by atoms with van der Waals surface area (Å²) in [4.78, 5) is 23.6. The number of carboxylic acid groups (broad SMARTS) is 1. The molecule has 0 spiro atoms. The minimum atomic E-state index is -2.91. The summed E-state index contributed by atoms with van der Waals surface area (Å²) in [6.45, 7) is -2.57. The van der Waals surface area contributed by atoms with Crippen LogP contribution in [0, 0.1) is 5.92 Å². The molecule has 1 aliphatic rings. The smallest absolute Gasteiger partial charge is 0.407 e. The molecule has 19 heavy (non-hydrogen) atoms. The molecule has 0 radical (unpaired) electrons. The van der Waals surface area contributed by atoms with E-state index in [1.807, 2.05) is 0 Å². The van der Waals surface area contributed by atoms with Crippen LogP contribution in [0.3, 0.4) is 0 Å². The molecule has 1 saturated heterocycles.